The van der Waals surface area contributed by atoms with Gasteiger partial charge in [-0.15, -0.1) is 0 Å². The van der Waals surface area contributed by atoms with E-state index in [9.17, 15) is 0 Å². The Hall–Kier alpha value is -0.870. The summed E-state index contributed by atoms with van der Waals surface area (Å²) in [5.41, 5.74) is 0.758. The first-order valence-electron chi connectivity index (χ1n) is 3.94. The van der Waals surface area contributed by atoms with Crippen molar-refractivity contribution in [3.63, 3.8) is 0 Å². The van der Waals surface area contributed by atoms with Crippen molar-refractivity contribution in [2.75, 3.05) is 0 Å². The van der Waals surface area contributed by atoms with Crippen LogP contribution in [0.3, 0.4) is 0 Å². The molecule has 0 atom stereocenters. The number of nitrogens with zero attached hydrogens (tertiary/aromatic N) is 2. The normalized spacial score (nSPS) is 10.4. The summed E-state index contributed by atoms with van der Waals surface area (Å²) in [5.74, 6) is 1.06. The van der Waals surface area contributed by atoms with Crippen molar-refractivity contribution in [1.29, 1.82) is 0 Å². The SMILES string of the molecule is Clc1ccccc1-c1nc(CBr)no1. The molecule has 0 saturated heterocycles. The molecule has 0 aliphatic rings. The number of alkyl halides is 1. The molecule has 0 saturated carbocycles. The fraction of sp³-hybridized carbons (Fsp3) is 0.111. The minimum absolute atomic E-state index is 0.449. The highest BCUT2D eigenvalue weighted by Crippen LogP contribution is 2.25. The van der Waals surface area contributed by atoms with E-state index in [-0.39, 0.29) is 0 Å². The lowest BCUT2D eigenvalue weighted by atomic mass is 10.2. The summed E-state index contributed by atoms with van der Waals surface area (Å²) in [6.45, 7) is 0. The molecule has 0 bridgehead atoms. The maximum Gasteiger partial charge on any atom is 0.259 e. The van der Waals surface area contributed by atoms with Gasteiger partial charge in [0.1, 0.15) is 0 Å². The second-order valence-electron chi connectivity index (χ2n) is 2.63. The maximum absolute atomic E-state index is 5.97. The molecule has 14 heavy (non-hydrogen) atoms. The number of benzene rings is 1. The molecule has 5 heteroatoms. The summed E-state index contributed by atoms with van der Waals surface area (Å²) >= 11 is 9.22. The van der Waals surface area contributed by atoms with Crippen LogP contribution >= 0.6 is 27.5 Å². The van der Waals surface area contributed by atoms with E-state index in [2.05, 4.69) is 26.1 Å². The molecule has 1 aromatic carbocycles. The van der Waals surface area contributed by atoms with Crippen LogP contribution in [-0.4, -0.2) is 10.1 Å². The van der Waals surface area contributed by atoms with Crippen molar-refractivity contribution in [3.8, 4) is 11.5 Å². The summed E-state index contributed by atoms with van der Waals surface area (Å²) < 4.78 is 5.05. The highest BCUT2D eigenvalue weighted by Gasteiger charge is 2.10. The number of halogens is 2. The highest BCUT2D eigenvalue weighted by molar-refractivity contribution is 9.08. The van der Waals surface area contributed by atoms with Gasteiger partial charge in [-0.3, -0.25) is 0 Å². The highest BCUT2D eigenvalue weighted by atomic mass is 79.9. The third-order valence-electron chi connectivity index (χ3n) is 1.69. The average molecular weight is 274 g/mol. The van der Waals surface area contributed by atoms with E-state index in [0.717, 1.165) is 5.56 Å². The Morgan fingerprint density at radius 3 is 2.79 bits per heavy atom. The molecule has 0 aliphatic heterocycles. The zero-order valence-electron chi connectivity index (χ0n) is 7.08. The van der Waals surface area contributed by atoms with Crippen LogP contribution in [0.2, 0.25) is 5.02 Å². The molecule has 0 aliphatic carbocycles. The van der Waals surface area contributed by atoms with Crippen LogP contribution in [0, 0.1) is 0 Å². The van der Waals surface area contributed by atoms with Gasteiger partial charge in [0.05, 0.1) is 15.9 Å². The summed E-state index contributed by atoms with van der Waals surface area (Å²) in [6, 6.07) is 7.36. The van der Waals surface area contributed by atoms with E-state index in [4.69, 9.17) is 16.1 Å². The second kappa shape index (κ2) is 4.11. The van der Waals surface area contributed by atoms with Crippen molar-refractivity contribution in [3.05, 3.63) is 35.1 Å². The Bertz CT molecular complexity index is 444. The second-order valence-corrected chi connectivity index (χ2v) is 3.60. The largest absolute Gasteiger partial charge is 0.334 e. The van der Waals surface area contributed by atoms with E-state index in [1.165, 1.54) is 0 Å². The first kappa shape index (κ1) is 9.68. The Morgan fingerprint density at radius 1 is 1.36 bits per heavy atom. The molecule has 3 nitrogen and oxygen atoms in total. The first-order valence-corrected chi connectivity index (χ1v) is 5.44. The summed E-state index contributed by atoms with van der Waals surface area (Å²) in [5, 5.41) is 4.94. The van der Waals surface area contributed by atoms with Gasteiger partial charge in [-0.2, -0.15) is 4.98 Å². The number of hydrogen-bond donors (Lipinski definition) is 0. The Labute approximate surface area is 94.2 Å². The van der Waals surface area contributed by atoms with Gasteiger partial charge < -0.3 is 4.52 Å². The van der Waals surface area contributed by atoms with Gasteiger partial charge >= 0.3 is 0 Å². The van der Waals surface area contributed by atoms with Crippen LogP contribution in [-0.2, 0) is 5.33 Å². The molecule has 2 aromatic rings. The molecule has 2 rings (SSSR count). The molecule has 1 aromatic heterocycles. The molecular formula is C9H6BrClN2O. The number of hydrogen-bond acceptors (Lipinski definition) is 3. The van der Waals surface area contributed by atoms with E-state index in [1.54, 1.807) is 6.07 Å². The lowest BCUT2D eigenvalue weighted by molar-refractivity contribution is 0.425. The van der Waals surface area contributed by atoms with Crippen molar-refractivity contribution in [2.45, 2.75) is 5.33 Å². The molecular weight excluding hydrogens is 267 g/mol. The van der Waals surface area contributed by atoms with Crippen LogP contribution in [0.25, 0.3) is 11.5 Å². The van der Waals surface area contributed by atoms with Crippen LogP contribution in [0.5, 0.6) is 0 Å². The zero-order valence-corrected chi connectivity index (χ0v) is 9.42. The van der Waals surface area contributed by atoms with Crippen molar-refractivity contribution in [1.82, 2.24) is 10.1 Å². The minimum atomic E-state index is 0.449. The molecule has 0 unspecified atom stereocenters. The topological polar surface area (TPSA) is 38.9 Å². The van der Waals surface area contributed by atoms with Crippen molar-refractivity contribution in [2.24, 2.45) is 0 Å². The quantitative estimate of drug-likeness (QED) is 0.788. The first-order chi connectivity index (χ1) is 6.81. The predicted molar refractivity (Wildman–Crippen MR) is 57.4 cm³/mol. The molecule has 72 valence electrons. The van der Waals surface area contributed by atoms with E-state index < -0.39 is 0 Å². The third-order valence-corrected chi connectivity index (χ3v) is 2.52. The van der Waals surface area contributed by atoms with Crippen LogP contribution in [0.15, 0.2) is 28.8 Å². The molecule has 0 radical (unpaired) electrons. The molecule has 1 heterocycles. The van der Waals surface area contributed by atoms with Crippen molar-refractivity contribution >= 4 is 27.5 Å². The molecule has 0 N–H and O–H groups in total. The van der Waals surface area contributed by atoms with Gasteiger partial charge in [-0.1, -0.05) is 44.8 Å². The van der Waals surface area contributed by atoms with Gasteiger partial charge in [-0.25, -0.2) is 0 Å². The van der Waals surface area contributed by atoms with Crippen molar-refractivity contribution < 1.29 is 4.52 Å². The Balaban J connectivity index is 2.44. The molecule has 0 amide bonds. The van der Waals surface area contributed by atoms with Gasteiger partial charge in [0, 0.05) is 0 Å². The monoisotopic (exact) mass is 272 g/mol. The van der Waals surface area contributed by atoms with E-state index in [1.807, 2.05) is 18.2 Å². The number of aromatic nitrogens is 2. The zero-order chi connectivity index (χ0) is 9.97. The van der Waals surface area contributed by atoms with Crippen LogP contribution in [0.4, 0.5) is 0 Å². The average Bonchev–Trinajstić information content (AvgIpc) is 2.67. The lowest BCUT2D eigenvalue weighted by Crippen LogP contribution is -1.81. The third kappa shape index (κ3) is 1.81. The lowest BCUT2D eigenvalue weighted by Gasteiger charge is -1.95. The van der Waals surface area contributed by atoms with Gasteiger partial charge in [0.2, 0.25) is 0 Å². The number of rotatable bonds is 2. The minimum Gasteiger partial charge on any atom is -0.334 e. The smallest absolute Gasteiger partial charge is 0.259 e. The van der Waals surface area contributed by atoms with Gasteiger partial charge in [0.15, 0.2) is 5.82 Å². The van der Waals surface area contributed by atoms with Crippen LogP contribution in [0.1, 0.15) is 5.82 Å². The Kier molecular flexibility index (Phi) is 2.84. The maximum atomic E-state index is 5.97. The fourth-order valence-electron chi connectivity index (χ4n) is 1.05. The molecule has 0 fully saturated rings. The van der Waals surface area contributed by atoms with Gasteiger partial charge in [-0.05, 0) is 12.1 Å². The summed E-state index contributed by atoms with van der Waals surface area (Å²) in [6.07, 6.45) is 0. The predicted octanol–water partition coefficient (Wildman–Crippen LogP) is 3.28. The standard InChI is InChI=1S/C9H6BrClN2O/c10-5-8-12-9(14-13-8)6-3-1-2-4-7(6)11/h1-4H,5H2. The van der Waals surface area contributed by atoms with E-state index >= 15 is 0 Å². The van der Waals surface area contributed by atoms with Crippen LogP contribution < -0.4 is 0 Å². The fourth-order valence-corrected chi connectivity index (χ4v) is 1.50. The summed E-state index contributed by atoms with van der Waals surface area (Å²) in [7, 11) is 0. The summed E-state index contributed by atoms with van der Waals surface area (Å²) in [4.78, 5) is 4.15. The molecule has 0 spiro atoms. The van der Waals surface area contributed by atoms with E-state index in [0.29, 0.717) is 22.1 Å². The Morgan fingerprint density at radius 2 is 2.14 bits per heavy atom. The van der Waals surface area contributed by atoms with Gasteiger partial charge in [0.25, 0.3) is 5.89 Å².